The molecule has 1 unspecified atom stereocenters. The van der Waals surface area contributed by atoms with Gasteiger partial charge in [0, 0.05) is 23.9 Å². The third-order valence-corrected chi connectivity index (χ3v) is 4.84. The van der Waals surface area contributed by atoms with Gasteiger partial charge in [0.25, 0.3) is 0 Å². The molecule has 2 aromatic heterocycles. The van der Waals surface area contributed by atoms with Crippen LogP contribution in [0.15, 0.2) is 29.0 Å². The number of likely N-dealkylation sites (tertiary alicyclic amines) is 1. The van der Waals surface area contributed by atoms with Crippen LogP contribution in [-0.2, 0) is 6.54 Å². The van der Waals surface area contributed by atoms with Crippen molar-refractivity contribution in [1.82, 2.24) is 9.88 Å². The van der Waals surface area contributed by atoms with Gasteiger partial charge < -0.3 is 9.15 Å². The lowest BCUT2D eigenvalue weighted by Crippen LogP contribution is -2.28. The Morgan fingerprint density at radius 2 is 2.17 bits per heavy atom. The molecule has 1 fully saturated rings. The van der Waals surface area contributed by atoms with Gasteiger partial charge in [-0.3, -0.25) is 9.88 Å². The number of methoxy groups -OCH3 is 1. The highest BCUT2D eigenvalue weighted by molar-refractivity contribution is 5.41. The van der Waals surface area contributed by atoms with E-state index in [-0.39, 0.29) is 0 Å². The van der Waals surface area contributed by atoms with E-state index in [0.29, 0.717) is 6.04 Å². The Kier molecular flexibility index (Phi) is 5.01. The first kappa shape index (κ1) is 16.1. The molecular formula is C19H26N2O2. The van der Waals surface area contributed by atoms with Crippen LogP contribution in [0.2, 0.25) is 0 Å². The van der Waals surface area contributed by atoms with Gasteiger partial charge in [0.15, 0.2) is 0 Å². The van der Waals surface area contributed by atoms with Crippen LogP contribution < -0.4 is 4.74 Å². The van der Waals surface area contributed by atoms with Gasteiger partial charge in [0.1, 0.15) is 11.5 Å². The van der Waals surface area contributed by atoms with Crippen LogP contribution in [0.25, 0.3) is 0 Å². The molecule has 0 saturated carbocycles. The molecule has 1 atom stereocenters. The van der Waals surface area contributed by atoms with Crippen LogP contribution in [0, 0.1) is 13.8 Å². The summed E-state index contributed by atoms with van der Waals surface area (Å²) in [4.78, 5) is 7.18. The van der Waals surface area contributed by atoms with Crippen LogP contribution >= 0.6 is 0 Å². The van der Waals surface area contributed by atoms with Crippen molar-refractivity contribution in [3.63, 3.8) is 0 Å². The smallest absolute Gasteiger partial charge is 0.128 e. The number of hydrogen-bond acceptors (Lipinski definition) is 4. The van der Waals surface area contributed by atoms with E-state index in [2.05, 4.69) is 22.9 Å². The fraction of sp³-hybridized carbons (Fsp3) is 0.526. The average Bonchev–Trinajstić information content (AvgIpc) is 2.98. The van der Waals surface area contributed by atoms with Crippen molar-refractivity contribution in [2.75, 3.05) is 13.7 Å². The highest BCUT2D eigenvalue weighted by Crippen LogP contribution is 2.33. The number of furan rings is 1. The van der Waals surface area contributed by atoms with Gasteiger partial charge in [0.05, 0.1) is 25.1 Å². The van der Waals surface area contributed by atoms with E-state index in [9.17, 15) is 0 Å². The fourth-order valence-electron chi connectivity index (χ4n) is 3.58. The zero-order valence-electron chi connectivity index (χ0n) is 14.3. The Hall–Kier alpha value is -1.81. The molecule has 3 heterocycles. The molecule has 0 aromatic carbocycles. The van der Waals surface area contributed by atoms with Crippen molar-refractivity contribution in [3.8, 4) is 5.75 Å². The summed E-state index contributed by atoms with van der Waals surface area (Å²) in [6.45, 7) is 6.07. The molecule has 0 radical (unpaired) electrons. The molecule has 0 aliphatic carbocycles. The molecule has 1 saturated heterocycles. The number of aromatic nitrogens is 1. The van der Waals surface area contributed by atoms with E-state index in [1.54, 1.807) is 13.4 Å². The van der Waals surface area contributed by atoms with Gasteiger partial charge in [-0.05, 0) is 45.4 Å². The SMILES string of the molecule is COc1c(C)cnc(CN2CCCCCC2c2ccco2)c1C. The monoisotopic (exact) mass is 314 g/mol. The van der Waals surface area contributed by atoms with E-state index in [4.69, 9.17) is 9.15 Å². The van der Waals surface area contributed by atoms with Gasteiger partial charge >= 0.3 is 0 Å². The van der Waals surface area contributed by atoms with Crippen molar-refractivity contribution in [2.24, 2.45) is 0 Å². The minimum Gasteiger partial charge on any atom is -0.496 e. The first-order valence-electron chi connectivity index (χ1n) is 8.47. The Bertz CT molecular complexity index is 637. The summed E-state index contributed by atoms with van der Waals surface area (Å²) in [5.74, 6) is 2.03. The van der Waals surface area contributed by atoms with Gasteiger partial charge in [-0.25, -0.2) is 0 Å². The van der Waals surface area contributed by atoms with Gasteiger partial charge in [0.2, 0.25) is 0 Å². The highest BCUT2D eigenvalue weighted by Gasteiger charge is 2.26. The highest BCUT2D eigenvalue weighted by atomic mass is 16.5. The van der Waals surface area contributed by atoms with Crippen molar-refractivity contribution in [1.29, 1.82) is 0 Å². The second-order valence-electron chi connectivity index (χ2n) is 6.40. The van der Waals surface area contributed by atoms with Crippen molar-refractivity contribution in [2.45, 2.75) is 52.1 Å². The molecule has 4 heteroatoms. The van der Waals surface area contributed by atoms with Gasteiger partial charge in [-0.1, -0.05) is 12.8 Å². The average molecular weight is 314 g/mol. The van der Waals surface area contributed by atoms with Crippen LogP contribution in [-0.4, -0.2) is 23.5 Å². The van der Waals surface area contributed by atoms with Crippen molar-refractivity contribution in [3.05, 3.63) is 47.2 Å². The summed E-state index contributed by atoms with van der Waals surface area (Å²) in [5.41, 5.74) is 3.34. The Morgan fingerprint density at radius 3 is 2.91 bits per heavy atom. The Labute approximate surface area is 138 Å². The Morgan fingerprint density at radius 1 is 1.30 bits per heavy atom. The maximum Gasteiger partial charge on any atom is 0.128 e. The van der Waals surface area contributed by atoms with E-state index in [1.165, 1.54) is 19.3 Å². The largest absolute Gasteiger partial charge is 0.496 e. The molecule has 0 amide bonds. The molecule has 0 N–H and O–H groups in total. The lowest BCUT2D eigenvalue weighted by atomic mass is 10.1. The molecule has 4 nitrogen and oxygen atoms in total. The third-order valence-electron chi connectivity index (χ3n) is 4.84. The van der Waals surface area contributed by atoms with Crippen LogP contribution in [0.4, 0.5) is 0 Å². The van der Waals surface area contributed by atoms with Crippen LogP contribution in [0.5, 0.6) is 5.75 Å². The summed E-state index contributed by atoms with van der Waals surface area (Å²) in [6, 6.07) is 4.43. The maximum absolute atomic E-state index is 5.70. The normalized spacial score (nSPS) is 19.5. The molecular weight excluding hydrogens is 288 g/mol. The molecule has 1 aliphatic rings. The van der Waals surface area contributed by atoms with Gasteiger partial charge in [-0.2, -0.15) is 0 Å². The molecule has 0 spiro atoms. The Balaban J connectivity index is 1.87. The van der Waals surface area contributed by atoms with Crippen LogP contribution in [0.1, 0.15) is 54.3 Å². The quantitative estimate of drug-likeness (QED) is 0.837. The van der Waals surface area contributed by atoms with Crippen LogP contribution in [0.3, 0.4) is 0 Å². The summed E-state index contributed by atoms with van der Waals surface area (Å²) < 4.78 is 11.3. The maximum atomic E-state index is 5.70. The second-order valence-corrected chi connectivity index (χ2v) is 6.40. The first-order valence-corrected chi connectivity index (χ1v) is 8.47. The number of aryl methyl sites for hydroxylation is 1. The van der Waals surface area contributed by atoms with Crippen molar-refractivity contribution < 1.29 is 9.15 Å². The van der Waals surface area contributed by atoms with Crippen molar-refractivity contribution >= 4 is 0 Å². The topological polar surface area (TPSA) is 38.5 Å². The molecule has 1 aliphatic heterocycles. The van der Waals surface area contributed by atoms with E-state index < -0.39 is 0 Å². The standard InChI is InChI=1S/C19H26N2O2/c1-14-12-20-16(15(2)19(14)22-3)13-21-10-6-4-5-8-17(21)18-9-7-11-23-18/h7,9,11-12,17H,4-6,8,10,13H2,1-3H3. The van der Waals surface area contributed by atoms with E-state index >= 15 is 0 Å². The summed E-state index contributed by atoms with van der Waals surface area (Å²) in [6.07, 6.45) is 8.62. The minimum absolute atomic E-state index is 0.348. The molecule has 2 aromatic rings. The lowest BCUT2D eigenvalue weighted by molar-refractivity contribution is 0.167. The third kappa shape index (κ3) is 3.42. The predicted molar refractivity (Wildman–Crippen MR) is 90.6 cm³/mol. The molecule has 23 heavy (non-hydrogen) atoms. The van der Waals surface area contributed by atoms with Gasteiger partial charge in [-0.15, -0.1) is 0 Å². The molecule has 3 rings (SSSR count). The zero-order valence-corrected chi connectivity index (χ0v) is 14.3. The van der Waals surface area contributed by atoms with E-state index in [1.807, 2.05) is 19.2 Å². The zero-order chi connectivity index (χ0) is 16.2. The summed E-state index contributed by atoms with van der Waals surface area (Å²) in [7, 11) is 1.73. The summed E-state index contributed by atoms with van der Waals surface area (Å²) in [5, 5.41) is 0. The number of ether oxygens (including phenoxy) is 1. The number of hydrogen-bond donors (Lipinski definition) is 0. The molecule has 0 bridgehead atoms. The van der Waals surface area contributed by atoms with E-state index in [0.717, 1.165) is 47.8 Å². The predicted octanol–water partition coefficient (Wildman–Crippen LogP) is 4.42. The number of nitrogens with zero attached hydrogens (tertiary/aromatic N) is 2. The number of pyridine rings is 1. The fourth-order valence-corrected chi connectivity index (χ4v) is 3.58. The molecule has 124 valence electrons. The summed E-state index contributed by atoms with van der Waals surface area (Å²) >= 11 is 0. The minimum atomic E-state index is 0.348. The second kappa shape index (κ2) is 7.18. The lowest BCUT2D eigenvalue weighted by Gasteiger charge is -2.29. The number of rotatable bonds is 4. The first-order chi connectivity index (χ1) is 11.2.